The van der Waals surface area contributed by atoms with Crippen LogP contribution in [-0.4, -0.2) is 20.3 Å². The van der Waals surface area contributed by atoms with Crippen LogP contribution in [0.4, 0.5) is 13.2 Å². The first-order valence-electron chi connectivity index (χ1n) is 5.28. The first-order chi connectivity index (χ1) is 8.49. The summed E-state index contributed by atoms with van der Waals surface area (Å²) < 4.78 is 41.9. The highest BCUT2D eigenvalue weighted by Crippen LogP contribution is 2.29. The van der Waals surface area contributed by atoms with E-state index in [2.05, 4.69) is 5.32 Å². The van der Waals surface area contributed by atoms with E-state index in [1.165, 1.54) is 19.2 Å². The maximum Gasteiger partial charge on any atom is 0.416 e. The topological polar surface area (TPSA) is 45.0 Å². The Morgan fingerprint density at radius 1 is 1.33 bits per heavy atom. The SMILES string of the molecule is COCCNC(C#N)c1ccc(C(F)(F)F)cc1. The number of rotatable bonds is 5. The van der Waals surface area contributed by atoms with Gasteiger partial charge in [0.25, 0.3) is 0 Å². The van der Waals surface area contributed by atoms with Gasteiger partial charge in [0.05, 0.1) is 18.2 Å². The fourth-order valence-electron chi connectivity index (χ4n) is 1.41. The molecule has 0 aliphatic rings. The van der Waals surface area contributed by atoms with Gasteiger partial charge in [0, 0.05) is 13.7 Å². The summed E-state index contributed by atoms with van der Waals surface area (Å²) >= 11 is 0. The Morgan fingerprint density at radius 3 is 2.39 bits per heavy atom. The monoisotopic (exact) mass is 258 g/mol. The Labute approximate surface area is 103 Å². The van der Waals surface area contributed by atoms with Crippen LogP contribution >= 0.6 is 0 Å². The quantitative estimate of drug-likeness (QED) is 0.825. The molecular formula is C12H13F3N2O. The van der Waals surface area contributed by atoms with Gasteiger partial charge in [-0.15, -0.1) is 0 Å². The predicted octanol–water partition coefficient (Wildman–Crippen LogP) is 2.51. The summed E-state index contributed by atoms with van der Waals surface area (Å²) in [5.74, 6) is 0. The summed E-state index contributed by atoms with van der Waals surface area (Å²) in [6, 6.07) is 5.89. The van der Waals surface area contributed by atoms with E-state index >= 15 is 0 Å². The maximum absolute atomic E-state index is 12.4. The Kier molecular flexibility index (Phi) is 5.13. The zero-order chi connectivity index (χ0) is 13.6. The minimum atomic E-state index is -4.36. The number of nitriles is 1. The van der Waals surface area contributed by atoms with Crippen molar-refractivity contribution >= 4 is 0 Å². The second kappa shape index (κ2) is 6.38. The molecule has 1 aromatic rings. The van der Waals surface area contributed by atoms with E-state index in [1.54, 1.807) is 0 Å². The van der Waals surface area contributed by atoms with Crippen LogP contribution < -0.4 is 5.32 Å². The summed E-state index contributed by atoms with van der Waals surface area (Å²) in [7, 11) is 1.53. The molecule has 0 aliphatic carbocycles. The van der Waals surface area contributed by atoms with E-state index in [0.29, 0.717) is 18.7 Å². The second-order valence-corrected chi connectivity index (χ2v) is 3.63. The lowest BCUT2D eigenvalue weighted by atomic mass is 10.1. The van der Waals surface area contributed by atoms with Gasteiger partial charge in [-0.05, 0) is 17.7 Å². The van der Waals surface area contributed by atoms with Crippen molar-refractivity contribution in [1.29, 1.82) is 5.26 Å². The van der Waals surface area contributed by atoms with Gasteiger partial charge in [0.2, 0.25) is 0 Å². The molecule has 0 amide bonds. The van der Waals surface area contributed by atoms with Crippen LogP contribution in [0, 0.1) is 11.3 Å². The number of benzene rings is 1. The van der Waals surface area contributed by atoms with Crippen molar-refractivity contribution in [2.45, 2.75) is 12.2 Å². The van der Waals surface area contributed by atoms with Crippen LogP contribution in [0.2, 0.25) is 0 Å². The number of alkyl halides is 3. The highest BCUT2D eigenvalue weighted by molar-refractivity contribution is 5.29. The van der Waals surface area contributed by atoms with Gasteiger partial charge in [-0.2, -0.15) is 18.4 Å². The highest BCUT2D eigenvalue weighted by Gasteiger charge is 2.30. The van der Waals surface area contributed by atoms with Crippen molar-refractivity contribution in [2.24, 2.45) is 0 Å². The summed E-state index contributed by atoms with van der Waals surface area (Å²) in [5.41, 5.74) is -0.221. The highest BCUT2D eigenvalue weighted by atomic mass is 19.4. The fraction of sp³-hybridized carbons (Fsp3) is 0.417. The lowest BCUT2D eigenvalue weighted by Crippen LogP contribution is -2.24. The third-order valence-corrected chi connectivity index (χ3v) is 2.36. The third kappa shape index (κ3) is 4.02. The predicted molar refractivity (Wildman–Crippen MR) is 59.7 cm³/mol. The molecule has 0 fully saturated rings. The third-order valence-electron chi connectivity index (χ3n) is 2.36. The lowest BCUT2D eigenvalue weighted by Gasteiger charge is -2.13. The largest absolute Gasteiger partial charge is 0.416 e. The summed E-state index contributed by atoms with van der Waals surface area (Å²) in [5, 5.41) is 11.8. The molecule has 0 saturated heterocycles. The van der Waals surface area contributed by atoms with Crippen molar-refractivity contribution in [1.82, 2.24) is 5.32 Å². The van der Waals surface area contributed by atoms with E-state index in [-0.39, 0.29) is 0 Å². The van der Waals surface area contributed by atoms with Crippen LogP contribution in [0.15, 0.2) is 24.3 Å². The number of nitrogens with one attached hydrogen (secondary N) is 1. The molecule has 1 N–H and O–H groups in total. The summed E-state index contributed by atoms with van der Waals surface area (Å²) in [6.45, 7) is 0.883. The summed E-state index contributed by atoms with van der Waals surface area (Å²) in [6.07, 6.45) is -4.36. The molecule has 0 radical (unpaired) electrons. The average molecular weight is 258 g/mol. The second-order valence-electron chi connectivity index (χ2n) is 3.63. The molecule has 0 aromatic heterocycles. The number of nitrogens with zero attached hydrogens (tertiary/aromatic N) is 1. The van der Waals surface area contributed by atoms with Gasteiger partial charge in [0.1, 0.15) is 6.04 Å². The number of hydrogen-bond acceptors (Lipinski definition) is 3. The number of methoxy groups -OCH3 is 1. The molecular weight excluding hydrogens is 245 g/mol. The van der Waals surface area contributed by atoms with E-state index in [4.69, 9.17) is 10.00 Å². The van der Waals surface area contributed by atoms with Crippen LogP contribution in [0.5, 0.6) is 0 Å². The molecule has 1 unspecified atom stereocenters. The molecule has 6 heteroatoms. The van der Waals surface area contributed by atoms with Gasteiger partial charge in [-0.3, -0.25) is 5.32 Å². The lowest BCUT2D eigenvalue weighted by molar-refractivity contribution is -0.137. The van der Waals surface area contributed by atoms with E-state index in [1.807, 2.05) is 6.07 Å². The Balaban J connectivity index is 2.74. The summed E-state index contributed by atoms with van der Waals surface area (Å²) in [4.78, 5) is 0. The molecule has 1 atom stereocenters. The fourth-order valence-corrected chi connectivity index (χ4v) is 1.41. The molecule has 0 spiro atoms. The van der Waals surface area contributed by atoms with Crippen molar-refractivity contribution in [3.63, 3.8) is 0 Å². The van der Waals surface area contributed by atoms with Crippen molar-refractivity contribution < 1.29 is 17.9 Å². The Hall–Kier alpha value is -1.58. The van der Waals surface area contributed by atoms with Crippen LogP contribution in [0.3, 0.4) is 0 Å². The van der Waals surface area contributed by atoms with E-state index < -0.39 is 17.8 Å². The molecule has 98 valence electrons. The first-order valence-corrected chi connectivity index (χ1v) is 5.28. The smallest absolute Gasteiger partial charge is 0.383 e. The Bertz CT molecular complexity index is 409. The first kappa shape index (κ1) is 14.5. The average Bonchev–Trinajstić information content (AvgIpc) is 2.34. The molecule has 18 heavy (non-hydrogen) atoms. The van der Waals surface area contributed by atoms with Gasteiger partial charge >= 0.3 is 6.18 Å². The minimum absolute atomic E-state index is 0.429. The zero-order valence-electron chi connectivity index (χ0n) is 9.79. The van der Waals surface area contributed by atoms with Crippen LogP contribution in [-0.2, 0) is 10.9 Å². The van der Waals surface area contributed by atoms with Gasteiger partial charge < -0.3 is 4.74 Å². The van der Waals surface area contributed by atoms with E-state index in [9.17, 15) is 13.2 Å². The number of halogens is 3. The molecule has 0 heterocycles. The number of hydrogen-bond donors (Lipinski definition) is 1. The van der Waals surface area contributed by atoms with Gasteiger partial charge in [-0.25, -0.2) is 0 Å². The van der Waals surface area contributed by atoms with Crippen LogP contribution in [0.25, 0.3) is 0 Å². The van der Waals surface area contributed by atoms with Crippen LogP contribution in [0.1, 0.15) is 17.2 Å². The van der Waals surface area contributed by atoms with Crippen molar-refractivity contribution in [2.75, 3.05) is 20.3 Å². The molecule has 1 aromatic carbocycles. The standard InChI is InChI=1S/C12H13F3N2O/c1-18-7-6-17-11(8-16)9-2-4-10(5-3-9)12(13,14)15/h2-5,11,17H,6-7H2,1H3. The normalized spacial score (nSPS) is 13.1. The maximum atomic E-state index is 12.4. The molecule has 1 rings (SSSR count). The van der Waals surface area contributed by atoms with E-state index in [0.717, 1.165) is 12.1 Å². The Morgan fingerprint density at radius 2 is 1.94 bits per heavy atom. The molecule has 0 saturated carbocycles. The van der Waals surface area contributed by atoms with Gasteiger partial charge in [0.15, 0.2) is 0 Å². The number of ether oxygens (including phenoxy) is 1. The van der Waals surface area contributed by atoms with Crippen molar-refractivity contribution in [3.05, 3.63) is 35.4 Å². The molecule has 0 aliphatic heterocycles. The molecule has 3 nitrogen and oxygen atoms in total. The van der Waals surface area contributed by atoms with Gasteiger partial charge in [-0.1, -0.05) is 12.1 Å². The molecule has 0 bridgehead atoms. The zero-order valence-corrected chi connectivity index (χ0v) is 9.79. The minimum Gasteiger partial charge on any atom is -0.383 e. The van der Waals surface area contributed by atoms with Crippen molar-refractivity contribution in [3.8, 4) is 6.07 Å².